The zero-order chi connectivity index (χ0) is 34.1. The van der Waals surface area contributed by atoms with Crippen molar-refractivity contribution in [2.75, 3.05) is 38.2 Å². The summed E-state index contributed by atoms with van der Waals surface area (Å²) in [6, 6.07) is 6.98. The number of aliphatic imine (C=N–C) groups is 1. The van der Waals surface area contributed by atoms with Crippen molar-refractivity contribution in [3.63, 3.8) is 0 Å². The van der Waals surface area contributed by atoms with Crippen LogP contribution in [0.4, 0.5) is 5.69 Å². The van der Waals surface area contributed by atoms with Gasteiger partial charge < -0.3 is 20.4 Å². The number of nitrogens with two attached hydrogens (primary N) is 1. The third-order valence-corrected chi connectivity index (χ3v) is 6.70. The SMILES string of the molecule is C/C=C(\C)C1=C2C=CC(=NCC)C=C2Cc2cc(N(CC)CC)ccc21.C=C/C=C/C.CCC.CCCOP(=O)(O)O.CN. The molecule has 4 N–H and O–H groups in total. The van der Waals surface area contributed by atoms with Crippen molar-refractivity contribution in [3.05, 3.63) is 95.2 Å². The maximum absolute atomic E-state index is 9.86. The number of benzene rings is 1. The van der Waals surface area contributed by atoms with Crippen molar-refractivity contribution in [1.82, 2.24) is 0 Å². The van der Waals surface area contributed by atoms with Gasteiger partial charge in [0.2, 0.25) is 0 Å². The molecule has 0 radical (unpaired) electrons. The molecule has 0 aliphatic heterocycles. The topological polar surface area (TPSA) is 108 Å². The minimum absolute atomic E-state index is 0.115. The van der Waals surface area contributed by atoms with Gasteiger partial charge in [-0.25, -0.2) is 4.57 Å². The number of allylic oxidation sites excluding steroid dienone is 11. The van der Waals surface area contributed by atoms with Crippen molar-refractivity contribution in [2.24, 2.45) is 10.7 Å². The fourth-order valence-electron chi connectivity index (χ4n) is 4.27. The van der Waals surface area contributed by atoms with E-state index in [4.69, 9.17) is 9.79 Å². The largest absolute Gasteiger partial charge is 0.469 e. The molecule has 44 heavy (non-hydrogen) atoms. The van der Waals surface area contributed by atoms with E-state index in [1.807, 2.05) is 19.1 Å². The zero-order valence-electron chi connectivity index (χ0n) is 29.1. The summed E-state index contributed by atoms with van der Waals surface area (Å²) >= 11 is 0. The fourth-order valence-corrected chi connectivity index (χ4v) is 4.69. The Labute approximate surface area is 269 Å². The van der Waals surface area contributed by atoms with Gasteiger partial charge in [0.25, 0.3) is 0 Å². The second kappa shape index (κ2) is 25.5. The van der Waals surface area contributed by atoms with Crippen LogP contribution in [0.1, 0.15) is 86.3 Å². The summed E-state index contributed by atoms with van der Waals surface area (Å²) in [4.78, 5) is 23.1. The quantitative estimate of drug-likeness (QED) is 0.186. The highest BCUT2D eigenvalue weighted by molar-refractivity contribution is 7.46. The molecule has 0 aromatic heterocycles. The molecule has 0 saturated heterocycles. The van der Waals surface area contributed by atoms with Crippen LogP contribution in [-0.4, -0.2) is 48.8 Å². The summed E-state index contributed by atoms with van der Waals surface area (Å²) < 4.78 is 13.9. The van der Waals surface area contributed by atoms with Gasteiger partial charge in [-0.05, 0) is 119 Å². The first-order valence-electron chi connectivity index (χ1n) is 15.7. The van der Waals surface area contributed by atoms with E-state index in [1.165, 1.54) is 52.6 Å². The standard InChI is InChI=1S/C24H30N2.C5H8.C3H9O4P.C3H8.CH5N/c1-6-17(5)24-22-12-10-20(25-7-2)15-18(22)14-19-16-21(11-13-23(19)24)26(8-3)9-4;1-3-5-4-2;1-2-3-7-8(4,5)6;1-3-2;1-2/h6,10-13,15-16H,7-9,14H2,1-5H3;3-5H,1H2,2H3;2-3H2,1H3,(H2,4,5,6);3H2,1-2H3;2H2,1H3/b17-6+,25-20?;5-4+;;;. The molecule has 0 atom stereocenters. The average Bonchev–Trinajstić information content (AvgIpc) is 3.01. The molecule has 0 saturated carbocycles. The molecule has 1 aromatic carbocycles. The van der Waals surface area contributed by atoms with Crippen LogP contribution in [0.15, 0.2) is 89.0 Å². The van der Waals surface area contributed by atoms with E-state index in [2.05, 4.69) is 118 Å². The molecule has 1 aromatic rings. The monoisotopic (exact) mass is 629 g/mol. The van der Waals surface area contributed by atoms with Crippen LogP contribution in [0.5, 0.6) is 0 Å². The van der Waals surface area contributed by atoms with Crippen molar-refractivity contribution in [2.45, 2.75) is 81.6 Å². The van der Waals surface area contributed by atoms with Crippen LogP contribution >= 0.6 is 7.82 Å². The maximum atomic E-state index is 9.86. The lowest BCUT2D eigenvalue weighted by Gasteiger charge is -2.29. The average molecular weight is 630 g/mol. The molecule has 0 amide bonds. The van der Waals surface area contributed by atoms with Gasteiger partial charge in [-0.1, -0.05) is 70.2 Å². The molecular formula is C36H60N3O4P. The first-order chi connectivity index (χ1) is 21.0. The highest BCUT2D eigenvalue weighted by atomic mass is 31.2. The molecule has 8 heteroatoms. The maximum Gasteiger partial charge on any atom is 0.469 e. The predicted molar refractivity (Wildman–Crippen MR) is 195 cm³/mol. The summed E-state index contributed by atoms with van der Waals surface area (Å²) in [5, 5.41) is 0. The number of anilines is 1. The molecule has 0 bridgehead atoms. The lowest BCUT2D eigenvalue weighted by atomic mass is 9.77. The minimum atomic E-state index is -4.18. The van der Waals surface area contributed by atoms with Crippen molar-refractivity contribution in [3.8, 4) is 0 Å². The molecule has 248 valence electrons. The second-order valence-electron chi connectivity index (χ2n) is 9.65. The first-order valence-corrected chi connectivity index (χ1v) is 17.3. The number of phosphoric acid groups is 1. The van der Waals surface area contributed by atoms with Crippen molar-refractivity contribution >= 4 is 24.8 Å². The number of fused-ring (bicyclic) bond motifs is 2. The minimum Gasteiger partial charge on any atom is -0.372 e. The number of rotatable bonds is 9. The summed E-state index contributed by atoms with van der Waals surface area (Å²) in [6.45, 7) is 25.3. The predicted octanol–water partition coefficient (Wildman–Crippen LogP) is 9.01. The van der Waals surface area contributed by atoms with E-state index in [0.717, 1.165) is 31.8 Å². The lowest BCUT2D eigenvalue weighted by Crippen LogP contribution is -2.22. The van der Waals surface area contributed by atoms with Crippen LogP contribution in [0.2, 0.25) is 0 Å². The van der Waals surface area contributed by atoms with Crippen LogP contribution in [-0.2, 0) is 15.5 Å². The molecule has 2 aliphatic carbocycles. The Morgan fingerprint density at radius 2 is 1.70 bits per heavy atom. The molecule has 3 rings (SSSR count). The smallest absolute Gasteiger partial charge is 0.372 e. The lowest BCUT2D eigenvalue weighted by molar-refractivity contribution is 0.197. The number of hydrogen-bond donors (Lipinski definition) is 3. The second-order valence-corrected chi connectivity index (χ2v) is 10.9. The van der Waals surface area contributed by atoms with E-state index in [-0.39, 0.29) is 6.61 Å². The van der Waals surface area contributed by atoms with E-state index in [9.17, 15) is 4.57 Å². The molecule has 0 unspecified atom stereocenters. The molecule has 0 heterocycles. The number of phosphoric ester groups is 1. The van der Waals surface area contributed by atoms with Crippen molar-refractivity contribution < 1.29 is 18.9 Å². The van der Waals surface area contributed by atoms with E-state index < -0.39 is 7.82 Å². The van der Waals surface area contributed by atoms with E-state index in [0.29, 0.717) is 6.42 Å². The number of hydrogen-bond acceptors (Lipinski definition) is 5. The Morgan fingerprint density at radius 1 is 1.09 bits per heavy atom. The van der Waals surface area contributed by atoms with Crippen LogP contribution < -0.4 is 10.6 Å². The van der Waals surface area contributed by atoms with E-state index in [1.54, 1.807) is 13.0 Å². The van der Waals surface area contributed by atoms with Gasteiger partial charge in [0.15, 0.2) is 0 Å². The van der Waals surface area contributed by atoms with Gasteiger partial charge in [0.1, 0.15) is 0 Å². The van der Waals surface area contributed by atoms with Crippen LogP contribution in [0.25, 0.3) is 5.57 Å². The third kappa shape index (κ3) is 16.3. The van der Waals surface area contributed by atoms with Gasteiger partial charge in [-0.3, -0.25) is 9.52 Å². The summed E-state index contributed by atoms with van der Waals surface area (Å²) in [6.07, 6.45) is 17.3. The van der Waals surface area contributed by atoms with Gasteiger partial charge in [-0.15, -0.1) is 0 Å². The Bertz CT molecular complexity index is 1200. The van der Waals surface area contributed by atoms with Gasteiger partial charge in [0.05, 0.1) is 12.3 Å². The Balaban J connectivity index is 0. The third-order valence-electron chi connectivity index (χ3n) is 6.19. The van der Waals surface area contributed by atoms with Crippen molar-refractivity contribution in [1.29, 1.82) is 0 Å². The molecule has 7 nitrogen and oxygen atoms in total. The molecule has 2 aliphatic rings. The Hall–Kier alpha value is -2.80. The summed E-state index contributed by atoms with van der Waals surface area (Å²) in [5.41, 5.74) is 15.2. The normalized spacial score (nSPS) is 14.3. The zero-order valence-corrected chi connectivity index (χ0v) is 30.0. The van der Waals surface area contributed by atoms with Crippen LogP contribution in [0.3, 0.4) is 0 Å². The number of nitrogens with zero attached hydrogens (tertiary/aromatic N) is 2. The Kier molecular flexibility index (Phi) is 25.1. The van der Waals surface area contributed by atoms with E-state index >= 15 is 0 Å². The van der Waals surface area contributed by atoms with Gasteiger partial charge in [-0.2, -0.15) is 0 Å². The molecular weight excluding hydrogens is 569 g/mol. The highest BCUT2D eigenvalue weighted by Gasteiger charge is 2.24. The molecule has 0 fully saturated rings. The molecule has 0 spiro atoms. The fraction of sp³-hybridized carbons (Fsp3) is 0.472. The van der Waals surface area contributed by atoms with Gasteiger partial charge in [0, 0.05) is 25.3 Å². The summed E-state index contributed by atoms with van der Waals surface area (Å²) in [7, 11) is -2.68. The van der Waals surface area contributed by atoms with Crippen LogP contribution in [0, 0.1) is 0 Å². The first kappa shape index (κ1) is 43.3. The highest BCUT2D eigenvalue weighted by Crippen LogP contribution is 2.41. The summed E-state index contributed by atoms with van der Waals surface area (Å²) in [5.74, 6) is 0. The van der Waals surface area contributed by atoms with Gasteiger partial charge >= 0.3 is 7.82 Å². The Morgan fingerprint density at radius 3 is 2.11 bits per heavy atom.